The molecule has 13 heavy (non-hydrogen) atoms. The zero-order chi connectivity index (χ0) is 10.1. The topological polar surface area (TPSA) is 43.8 Å². The Morgan fingerprint density at radius 1 is 1.54 bits per heavy atom. The van der Waals surface area contributed by atoms with Crippen LogP contribution in [0.2, 0.25) is 0 Å². The molecule has 74 valence electrons. The highest BCUT2D eigenvalue weighted by atomic mass is 19.4. The van der Waals surface area contributed by atoms with Gasteiger partial charge in [0.25, 0.3) is 0 Å². The minimum atomic E-state index is -4.13. The van der Waals surface area contributed by atoms with E-state index in [1.54, 1.807) is 6.92 Å². The molecule has 6 heteroatoms. The molecule has 1 aromatic heterocycles. The van der Waals surface area contributed by atoms with Crippen LogP contribution in [0, 0.1) is 6.92 Å². The summed E-state index contributed by atoms with van der Waals surface area (Å²) in [6.07, 6.45) is -3.59. The second-order valence-corrected chi connectivity index (χ2v) is 2.77. The monoisotopic (exact) mass is 193 g/mol. The summed E-state index contributed by atoms with van der Waals surface area (Å²) >= 11 is 0. The Balaban J connectivity index is 2.59. The van der Waals surface area contributed by atoms with Gasteiger partial charge in [0.2, 0.25) is 0 Å². The molecule has 0 radical (unpaired) electrons. The Bertz CT molecular complexity index is 290. The maximum atomic E-state index is 11.8. The maximum absolute atomic E-state index is 11.8. The van der Waals surface area contributed by atoms with Gasteiger partial charge in [-0.3, -0.25) is 0 Å². The molecule has 1 heterocycles. The molecule has 0 spiro atoms. The molecule has 1 rings (SSSR count). The van der Waals surface area contributed by atoms with E-state index in [2.05, 4.69) is 4.98 Å². The van der Waals surface area contributed by atoms with Gasteiger partial charge < -0.3 is 10.3 Å². The molecule has 0 aliphatic carbocycles. The lowest BCUT2D eigenvalue weighted by molar-refractivity contribution is -0.136. The molecule has 1 aromatic rings. The summed E-state index contributed by atoms with van der Waals surface area (Å²) in [7, 11) is 0. The second-order valence-electron chi connectivity index (χ2n) is 2.77. The summed E-state index contributed by atoms with van der Waals surface area (Å²) in [5.74, 6) is 0.751. The average molecular weight is 193 g/mol. The van der Waals surface area contributed by atoms with E-state index in [0.29, 0.717) is 5.82 Å². The Hall–Kier alpha value is -1.20. The predicted octanol–water partition coefficient (Wildman–Crippen LogP) is 1.73. The summed E-state index contributed by atoms with van der Waals surface area (Å²) in [6.45, 7) is 1.49. The molecule has 0 atom stereocenters. The number of alkyl halides is 3. The number of aryl methyl sites for hydroxylation is 2. The van der Waals surface area contributed by atoms with Gasteiger partial charge in [0.05, 0.1) is 6.42 Å². The van der Waals surface area contributed by atoms with Gasteiger partial charge >= 0.3 is 6.18 Å². The average Bonchev–Trinajstić information content (AvgIpc) is 2.24. The van der Waals surface area contributed by atoms with E-state index >= 15 is 0 Å². The van der Waals surface area contributed by atoms with Crippen molar-refractivity contribution in [3.8, 4) is 0 Å². The van der Waals surface area contributed by atoms with Crippen molar-refractivity contribution in [2.75, 3.05) is 5.73 Å². The van der Waals surface area contributed by atoms with Gasteiger partial charge in [-0.15, -0.1) is 0 Å². The normalized spacial score (nSPS) is 12.0. The first-order chi connectivity index (χ1) is 5.88. The zero-order valence-electron chi connectivity index (χ0n) is 7.10. The second kappa shape index (κ2) is 3.27. The number of nitrogens with two attached hydrogens (primary N) is 1. The summed E-state index contributed by atoms with van der Waals surface area (Å²) in [5, 5.41) is 0. The van der Waals surface area contributed by atoms with Gasteiger partial charge in [-0.25, -0.2) is 4.98 Å². The number of aromatic nitrogens is 2. The third kappa shape index (κ3) is 2.96. The maximum Gasteiger partial charge on any atom is 0.390 e. The summed E-state index contributed by atoms with van der Waals surface area (Å²) in [6, 6.07) is 0. The molecule has 0 aliphatic heterocycles. The highest BCUT2D eigenvalue weighted by Crippen LogP contribution is 2.20. The largest absolute Gasteiger partial charge is 0.390 e. The van der Waals surface area contributed by atoms with Gasteiger partial charge in [0.1, 0.15) is 11.6 Å². The van der Waals surface area contributed by atoms with E-state index in [9.17, 15) is 13.2 Å². The van der Waals surface area contributed by atoms with Crippen molar-refractivity contribution >= 4 is 5.82 Å². The number of anilines is 1. The van der Waals surface area contributed by atoms with Crippen molar-refractivity contribution in [1.82, 2.24) is 9.55 Å². The number of nitrogen functional groups attached to an aromatic ring is 1. The van der Waals surface area contributed by atoms with Crippen LogP contribution < -0.4 is 5.73 Å². The third-order valence-electron chi connectivity index (χ3n) is 1.63. The first-order valence-corrected chi connectivity index (χ1v) is 3.74. The number of halogens is 3. The van der Waals surface area contributed by atoms with Crippen molar-refractivity contribution < 1.29 is 13.2 Å². The first-order valence-electron chi connectivity index (χ1n) is 3.74. The Morgan fingerprint density at radius 2 is 2.15 bits per heavy atom. The Kier molecular flexibility index (Phi) is 2.49. The molecule has 0 bridgehead atoms. The molecule has 0 aromatic carbocycles. The van der Waals surface area contributed by atoms with Crippen LogP contribution in [-0.4, -0.2) is 15.7 Å². The molecular weight excluding hydrogens is 183 g/mol. The number of nitrogens with zero attached hydrogens (tertiary/aromatic N) is 2. The lowest BCUT2D eigenvalue weighted by Gasteiger charge is -2.07. The Morgan fingerprint density at radius 3 is 2.54 bits per heavy atom. The van der Waals surface area contributed by atoms with Gasteiger partial charge in [-0.2, -0.15) is 13.2 Å². The van der Waals surface area contributed by atoms with Crippen LogP contribution in [-0.2, 0) is 6.54 Å². The zero-order valence-corrected chi connectivity index (χ0v) is 7.10. The van der Waals surface area contributed by atoms with Gasteiger partial charge in [0.15, 0.2) is 0 Å². The van der Waals surface area contributed by atoms with E-state index in [4.69, 9.17) is 5.73 Å². The fourth-order valence-corrected chi connectivity index (χ4v) is 1.01. The molecule has 0 amide bonds. The molecule has 0 aliphatic rings. The fourth-order valence-electron chi connectivity index (χ4n) is 1.01. The number of imidazole rings is 1. The van der Waals surface area contributed by atoms with Crippen molar-refractivity contribution in [2.24, 2.45) is 0 Å². The molecule has 0 saturated heterocycles. The van der Waals surface area contributed by atoms with Crippen molar-refractivity contribution in [3.05, 3.63) is 12.0 Å². The molecule has 0 fully saturated rings. The number of rotatable bonds is 2. The van der Waals surface area contributed by atoms with Crippen LogP contribution in [0.3, 0.4) is 0 Å². The van der Waals surface area contributed by atoms with Crippen molar-refractivity contribution in [3.63, 3.8) is 0 Å². The quantitative estimate of drug-likeness (QED) is 0.777. The van der Waals surface area contributed by atoms with Crippen LogP contribution >= 0.6 is 0 Å². The molecular formula is C7H10F3N3. The number of hydrogen-bond acceptors (Lipinski definition) is 2. The standard InChI is InChI=1S/C7H10F3N3/c1-5-12-6(11)4-13(5)3-2-7(8,9)10/h4H,2-3,11H2,1H3. The molecule has 0 saturated carbocycles. The van der Waals surface area contributed by atoms with E-state index < -0.39 is 12.6 Å². The molecule has 0 unspecified atom stereocenters. The summed E-state index contributed by atoms with van der Waals surface area (Å²) in [4.78, 5) is 3.79. The predicted molar refractivity (Wildman–Crippen MR) is 42.0 cm³/mol. The summed E-state index contributed by atoms with van der Waals surface area (Å²) < 4.78 is 36.8. The lowest BCUT2D eigenvalue weighted by atomic mass is 10.4. The first kappa shape index (κ1) is 9.88. The summed E-state index contributed by atoms with van der Waals surface area (Å²) in [5.41, 5.74) is 5.31. The SMILES string of the molecule is Cc1nc(N)cn1CCC(F)(F)F. The van der Waals surface area contributed by atoms with E-state index in [1.807, 2.05) is 0 Å². The molecule has 2 N–H and O–H groups in total. The third-order valence-corrected chi connectivity index (χ3v) is 1.63. The van der Waals surface area contributed by atoms with Crippen molar-refractivity contribution in [2.45, 2.75) is 26.1 Å². The van der Waals surface area contributed by atoms with Crippen LogP contribution in [0.15, 0.2) is 6.20 Å². The number of hydrogen-bond donors (Lipinski definition) is 1. The van der Waals surface area contributed by atoms with E-state index in [0.717, 1.165) is 0 Å². The van der Waals surface area contributed by atoms with Crippen LogP contribution in [0.4, 0.5) is 19.0 Å². The smallest absolute Gasteiger partial charge is 0.382 e. The highest BCUT2D eigenvalue weighted by Gasteiger charge is 2.26. The van der Waals surface area contributed by atoms with Gasteiger partial charge in [-0.05, 0) is 6.92 Å². The lowest BCUT2D eigenvalue weighted by Crippen LogP contribution is -2.12. The fraction of sp³-hybridized carbons (Fsp3) is 0.571. The van der Waals surface area contributed by atoms with Crippen LogP contribution in [0.5, 0.6) is 0 Å². The van der Waals surface area contributed by atoms with Crippen molar-refractivity contribution in [1.29, 1.82) is 0 Å². The van der Waals surface area contributed by atoms with Crippen LogP contribution in [0.25, 0.3) is 0 Å². The van der Waals surface area contributed by atoms with E-state index in [-0.39, 0.29) is 12.4 Å². The Labute approximate surface area is 73.4 Å². The minimum Gasteiger partial charge on any atom is -0.382 e. The molecule has 3 nitrogen and oxygen atoms in total. The minimum absolute atomic E-state index is 0.125. The van der Waals surface area contributed by atoms with E-state index in [1.165, 1.54) is 10.8 Å². The van der Waals surface area contributed by atoms with Gasteiger partial charge in [0, 0.05) is 12.7 Å². The van der Waals surface area contributed by atoms with Crippen LogP contribution in [0.1, 0.15) is 12.2 Å². The van der Waals surface area contributed by atoms with Gasteiger partial charge in [-0.1, -0.05) is 0 Å². The highest BCUT2D eigenvalue weighted by molar-refractivity contribution is 5.25.